The molecule has 6 nitrogen and oxygen atoms in total. The molecular weight excluding hydrogens is 436 g/mol. The van der Waals surface area contributed by atoms with E-state index in [-0.39, 0.29) is 22.6 Å². The molecule has 0 aliphatic carbocycles. The Balaban J connectivity index is 1.60. The first-order valence-corrected chi connectivity index (χ1v) is 12.5. The third-order valence-electron chi connectivity index (χ3n) is 5.96. The van der Waals surface area contributed by atoms with Crippen LogP contribution in [0.1, 0.15) is 34.3 Å². The van der Waals surface area contributed by atoms with E-state index in [4.69, 9.17) is 4.74 Å². The molecule has 1 N–H and O–H groups in total. The Morgan fingerprint density at radius 1 is 1.06 bits per heavy atom. The summed E-state index contributed by atoms with van der Waals surface area (Å²) in [5, 5.41) is 0. The first-order valence-electron chi connectivity index (χ1n) is 11.0. The van der Waals surface area contributed by atoms with Crippen molar-refractivity contribution in [2.24, 2.45) is 0 Å². The fourth-order valence-corrected chi connectivity index (χ4v) is 5.47. The van der Waals surface area contributed by atoms with Crippen molar-refractivity contribution in [3.05, 3.63) is 89.5 Å². The maximum Gasteiger partial charge on any atom is 0.265 e. The van der Waals surface area contributed by atoms with Crippen molar-refractivity contribution < 1.29 is 17.9 Å². The van der Waals surface area contributed by atoms with Crippen LogP contribution in [0.5, 0.6) is 5.75 Å². The number of hydrogen-bond acceptors (Lipinski definition) is 4. The number of nitrogens with one attached hydrogen (secondary N) is 1. The predicted molar refractivity (Wildman–Crippen MR) is 129 cm³/mol. The van der Waals surface area contributed by atoms with E-state index in [1.807, 2.05) is 42.2 Å². The largest absolute Gasteiger partial charge is 0.495 e. The molecule has 1 atom stereocenters. The highest BCUT2D eigenvalue weighted by molar-refractivity contribution is 7.92. The van der Waals surface area contributed by atoms with E-state index in [0.717, 1.165) is 24.8 Å². The Hall–Kier alpha value is -3.32. The van der Waals surface area contributed by atoms with Crippen molar-refractivity contribution in [2.45, 2.75) is 37.1 Å². The van der Waals surface area contributed by atoms with Crippen LogP contribution < -0.4 is 9.46 Å². The van der Waals surface area contributed by atoms with Gasteiger partial charge in [-0.15, -0.1) is 0 Å². The van der Waals surface area contributed by atoms with Gasteiger partial charge in [-0.25, -0.2) is 8.42 Å². The third kappa shape index (κ3) is 5.20. The van der Waals surface area contributed by atoms with E-state index in [0.29, 0.717) is 17.8 Å². The van der Waals surface area contributed by atoms with Crippen LogP contribution >= 0.6 is 0 Å². The summed E-state index contributed by atoms with van der Waals surface area (Å²) >= 11 is 0. The van der Waals surface area contributed by atoms with Crippen LogP contribution in [-0.4, -0.2) is 38.9 Å². The monoisotopic (exact) mass is 464 g/mol. The molecule has 3 aromatic rings. The molecule has 0 spiro atoms. The molecule has 172 valence electrons. The number of amides is 1. The molecule has 1 heterocycles. The van der Waals surface area contributed by atoms with Gasteiger partial charge in [-0.3, -0.25) is 9.52 Å². The van der Waals surface area contributed by atoms with E-state index in [9.17, 15) is 13.2 Å². The summed E-state index contributed by atoms with van der Waals surface area (Å²) in [5.41, 5.74) is 2.99. The van der Waals surface area contributed by atoms with Gasteiger partial charge in [-0.05, 0) is 62.1 Å². The molecule has 33 heavy (non-hydrogen) atoms. The molecule has 0 saturated carbocycles. The lowest BCUT2D eigenvalue weighted by molar-refractivity contribution is 0.0736. The molecule has 7 heteroatoms. The van der Waals surface area contributed by atoms with Gasteiger partial charge >= 0.3 is 0 Å². The highest BCUT2D eigenvalue weighted by Gasteiger charge is 2.31. The molecular formula is C26H28N2O4S. The summed E-state index contributed by atoms with van der Waals surface area (Å²) in [5.74, 6) is 0.0243. The molecule has 0 aromatic heterocycles. The zero-order valence-electron chi connectivity index (χ0n) is 18.8. The van der Waals surface area contributed by atoms with Crippen molar-refractivity contribution in [3.8, 4) is 5.75 Å². The number of benzene rings is 3. The molecule has 1 saturated heterocycles. The van der Waals surface area contributed by atoms with Crippen LogP contribution in [-0.2, 0) is 16.4 Å². The van der Waals surface area contributed by atoms with Crippen LogP contribution in [0.25, 0.3) is 0 Å². The van der Waals surface area contributed by atoms with E-state index < -0.39 is 10.0 Å². The number of nitrogens with zero attached hydrogens (tertiary/aromatic N) is 1. The first kappa shape index (κ1) is 22.9. The lowest BCUT2D eigenvalue weighted by atomic mass is 10.0. The number of rotatable bonds is 7. The Morgan fingerprint density at radius 3 is 2.48 bits per heavy atom. The maximum absolute atomic E-state index is 13.4. The summed E-state index contributed by atoms with van der Waals surface area (Å²) in [6.07, 6.45) is 2.64. The molecule has 4 rings (SSSR count). The van der Waals surface area contributed by atoms with Gasteiger partial charge in [-0.2, -0.15) is 0 Å². The SMILES string of the molecule is COc1ccc(C(=O)N2CCCC2Cc2ccccc2)cc1S(=O)(=O)Nc1ccc(C)cc1. The van der Waals surface area contributed by atoms with Crippen molar-refractivity contribution >= 4 is 21.6 Å². The Kier molecular flexibility index (Phi) is 6.70. The molecule has 1 amide bonds. The smallest absolute Gasteiger partial charge is 0.265 e. The minimum atomic E-state index is -3.96. The fourth-order valence-electron chi connectivity index (χ4n) is 4.22. The first-order chi connectivity index (χ1) is 15.9. The summed E-state index contributed by atoms with van der Waals surface area (Å²) in [6.45, 7) is 2.59. The highest BCUT2D eigenvalue weighted by atomic mass is 32.2. The van der Waals surface area contributed by atoms with E-state index >= 15 is 0 Å². The number of likely N-dealkylation sites (tertiary alicyclic amines) is 1. The number of anilines is 1. The van der Waals surface area contributed by atoms with Crippen molar-refractivity contribution in [2.75, 3.05) is 18.4 Å². The van der Waals surface area contributed by atoms with Crippen LogP contribution in [0.2, 0.25) is 0 Å². The summed E-state index contributed by atoms with van der Waals surface area (Å²) in [7, 11) is -2.54. The average Bonchev–Trinajstić information content (AvgIpc) is 3.28. The minimum Gasteiger partial charge on any atom is -0.495 e. The molecule has 0 radical (unpaired) electrons. The molecule has 1 aliphatic heterocycles. The highest BCUT2D eigenvalue weighted by Crippen LogP contribution is 2.29. The van der Waals surface area contributed by atoms with E-state index in [2.05, 4.69) is 16.9 Å². The molecule has 0 bridgehead atoms. The van der Waals surface area contributed by atoms with Gasteiger partial charge in [0, 0.05) is 23.8 Å². The van der Waals surface area contributed by atoms with Gasteiger partial charge in [0.1, 0.15) is 10.6 Å². The van der Waals surface area contributed by atoms with Gasteiger partial charge < -0.3 is 9.64 Å². The standard InChI is InChI=1S/C26H28N2O4S/c1-19-10-13-22(14-11-19)27-33(30,31)25-18-21(12-15-24(25)32-2)26(29)28-16-6-9-23(28)17-20-7-4-3-5-8-20/h3-5,7-8,10-15,18,23,27H,6,9,16-17H2,1-2H3. The van der Waals surface area contributed by atoms with Gasteiger partial charge in [0.05, 0.1) is 7.11 Å². The number of sulfonamides is 1. The van der Waals surface area contributed by atoms with Crippen LogP contribution in [0.3, 0.4) is 0 Å². The zero-order chi connectivity index (χ0) is 23.4. The molecule has 1 unspecified atom stereocenters. The van der Waals surface area contributed by atoms with Crippen molar-refractivity contribution in [3.63, 3.8) is 0 Å². The molecule has 3 aromatic carbocycles. The third-order valence-corrected chi connectivity index (χ3v) is 7.36. The van der Waals surface area contributed by atoms with Gasteiger partial charge in [0.2, 0.25) is 0 Å². The second-order valence-corrected chi connectivity index (χ2v) is 9.97. The number of aryl methyl sites for hydroxylation is 1. The Morgan fingerprint density at radius 2 is 1.79 bits per heavy atom. The van der Waals surface area contributed by atoms with E-state index in [1.54, 1.807) is 24.3 Å². The van der Waals surface area contributed by atoms with Crippen molar-refractivity contribution in [1.82, 2.24) is 4.90 Å². The second-order valence-electron chi connectivity index (χ2n) is 8.32. The quantitative estimate of drug-likeness (QED) is 0.552. The number of ether oxygens (including phenoxy) is 1. The minimum absolute atomic E-state index is 0.0600. The summed E-state index contributed by atoms with van der Waals surface area (Å²) in [6, 6.07) is 21.8. The summed E-state index contributed by atoms with van der Waals surface area (Å²) < 4.78 is 34.2. The second kappa shape index (κ2) is 9.67. The number of carbonyl (C=O) groups is 1. The van der Waals surface area contributed by atoms with Crippen LogP contribution in [0.4, 0.5) is 5.69 Å². The number of methoxy groups -OCH3 is 1. The maximum atomic E-state index is 13.4. The Bertz CT molecular complexity index is 1220. The topological polar surface area (TPSA) is 75.7 Å². The van der Waals surface area contributed by atoms with Gasteiger partial charge in [0.15, 0.2) is 0 Å². The molecule has 1 fully saturated rings. The van der Waals surface area contributed by atoms with Gasteiger partial charge in [0.25, 0.3) is 15.9 Å². The zero-order valence-corrected chi connectivity index (χ0v) is 19.6. The Labute approximate surface area is 195 Å². The van der Waals surface area contributed by atoms with Crippen LogP contribution in [0, 0.1) is 6.92 Å². The van der Waals surface area contributed by atoms with E-state index in [1.165, 1.54) is 18.7 Å². The number of carbonyl (C=O) groups excluding carboxylic acids is 1. The average molecular weight is 465 g/mol. The van der Waals surface area contributed by atoms with Crippen molar-refractivity contribution in [1.29, 1.82) is 0 Å². The lowest BCUT2D eigenvalue weighted by Gasteiger charge is -2.25. The lowest BCUT2D eigenvalue weighted by Crippen LogP contribution is -2.37. The van der Waals surface area contributed by atoms with Crippen LogP contribution in [0.15, 0.2) is 77.7 Å². The van der Waals surface area contributed by atoms with Gasteiger partial charge in [-0.1, -0.05) is 48.0 Å². The molecule has 1 aliphatic rings. The normalized spacial score (nSPS) is 15.9. The fraction of sp³-hybridized carbons (Fsp3) is 0.269. The number of hydrogen-bond donors (Lipinski definition) is 1. The summed E-state index contributed by atoms with van der Waals surface area (Å²) in [4.78, 5) is 15.2. The predicted octanol–water partition coefficient (Wildman–Crippen LogP) is 4.65.